The number of nitrogens with zero attached hydrogens (tertiary/aromatic N) is 1. The summed E-state index contributed by atoms with van der Waals surface area (Å²) in [6.07, 6.45) is -3.93. The summed E-state index contributed by atoms with van der Waals surface area (Å²) in [7, 11) is -2.05. The second-order valence-electron chi connectivity index (χ2n) is 4.55. The highest BCUT2D eigenvalue weighted by Crippen LogP contribution is 2.32. The molecule has 21 heavy (non-hydrogen) atoms. The number of sulfone groups is 1. The van der Waals surface area contributed by atoms with Gasteiger partial charge in [-0.25, -0.2) is 12.8 Å². The van der Waals surface area contributed by atoms with E-state index in [0.29, 0.717) is 12.1 Å². The van der Waals surface area contributed by atoms with E-state index in [2.05, 4.69) is 0 Å². The fraction of sp³-hybridized carbons (Fsp3) is 0.417. The van der Waals surface area contributed by atoms with Crippen LogP contribution in [0.15, 0.2) is 18.2 Å². The Balaban J connectivity index is 2.98. The Hall–Kier alpha value is -1.64. The molecule has 0 saturated carbocycles. The molecular weight excluding hydrogens is 314 g/mol. The molecule has 9 heteroatoms. The molecule has 1 amide bonds. The topological polar surface area (TPSA) is 54.5 Å². The summed E-state index contributed by atoms with van der Waals surface area (Å²) in [6.45, 7) is -0.170. The van der Waals surface area contributed by atoms with E-state index < -0.39 is 33.3 Å². The van der Waals surface area contributed by atoms with Crippen LogP contribution in [0.1, 0.15) is 15.9 Å². The first kappa shape index (κ1) is 17.4. The van der Waals surface area contributed by atoms with Gasteiger partial charge in [0, 0.05) is 25.4 Å². The highest BCUT2D eigenvalue weighted by atomic mass is 32.2. The Kier molecular flexibility index (Phi) is 4.98. The van der Waals surface area contributed by atoms with Crippen molar-refractivity contribution in [1.29, 1.82) is 0 Å². The Morgan fingerprint density at radius 2 is 1.86 bits per heavy atom. The van der Waals surface area contributed by atoms with Crippen molar-refractivity contribution in [2.45, 2.75) is 6.18 Å². The summed E-state index contributed by atoms with van der Waals surface area (Å²) in [5.74, 6) is -2.61. The first-order valence-electron chi connectivity index (χ1n) is 5.72. The van der Waals surface area contributed by atoms with Crippen LogP contribution >= 0.6 is 0 Å². The minimum absolute atomic E-state index is 0.170. The smallest absolute Gasteiger partial charge is 0.341 e. The number of carbonyl (C=O) groups excluding carboxylic acids is 1. The molecule has 1 aromatic rings. The lowest BCUT2D eigenvalue weighted by Crippen LogP contribution is -2.31. The molecule has 1 aromatic carbocycles. The number of benzene rings is 1. The first-order chi connectivity index (χ1) is 9.42. The van der Waals surface area contributed by atoms with Crippen molar-refractivity contribution in [2.24, 2.45) is 0 Å². The zero-order valence-corrected chi connectivity index (χ0v) is 12.1. The Morgan fingerprint density at radius 3 is 2.33 bits per heavy atom. The number of hydrogen-bond donors (Lipinski definition) is 0. The van der Waals surface area contributed by atoms with Gasteiger partial charge in [-0.3, -0.25) is 4.79 Å². The molecule has 0 atom stereocenters. The lowest BCUT2D eigenvalue weighted by atomic mass is 10.1. The van der Waals surface area contributed by atoms with E-state index in [4.69, 9.17) is 0 Å². The van der Waals surface area contributed by atoms with Crippen LogP contribution in [0, 0.1) is 5.82 Å². The van der Waals surface area contributed by atoms with Crippen LogP contribution < -0.4 is 0 Å². The standard InChI is InChI=1S/C12H13F4NO3S/c1-17(5-6-21(2,19)20)11(18)8-3-4-10(13)9(7-8)12(14,15)16/h3-4,7H,5-6H2,1-2H3. The zero-order chi connectivity index (χ0) is 16.4. The third kappa shape index (κ3) is 5.00. The van der Waals surface area contributed by atoms with Crippen LogP contribution in [-0.4, -0.2) is 44.8 Å². The van der Waals surface area contributed by atoms with Gasteiger partial charge in [-0.2, -0.15) is 13.2 Å². The van der Waals surface area contributed by atoms with Gasteiger partial charge in [-0.1, -0.05) is 0 Å². The van der Waals surface area contributed by atoms with Crippen molar-refractivity contribution in [3.05, 3.63) is 35.1 Å². The van der Waals surface area contributed by atoms with E-state index in [0.717, 1.165) is 17.2 Å². The number of carbonyl (C=O) groups is 1. The molecule has 118 valence electrons. The second-order valence-corrected chi connectivity index (χ2v) is 6.81. The average molecular weight is 327 g/mol. The van der Waals surface area contributed by atoms with E-state index in [9.17, 15) is 30.8 Å². The van der Waals surface area contributed by atoms with Crippen molar-refractivity contribution in [1.82, 2.24) is 4.90 Å². The van der Waals surface area contributed by atoms with Crippen LogP contribution in [0.3, 0.4) is 0 Å². The zero-order valence-electron chi connectivity index (χ0n) is 11.2. The third-order valence-corrected chi connectivity index (χ3v) is 3.59. The summed E-state index contributed by atoms with van der Waals surface area (Å²) in [6, 6.07) is 1.89. The molecule has 0 N–H and O–H groups in total. The number of hydrogen-bond acceptors (Lipinski definition) is 3. The molecular formula is C12H13F4NO3S. The molecule has 0 bridgehead atoms. The molecule has 0 saturated heterocycles. The second kappa shape index (κ2) is 6.00. The maximum Gasteiger partial charge on any atom is 0.419 e. The van der Waals surface area contributed by atoms with Gasteiger partial charge in [0.05, 0.1) is 11.3 Å². The molecule has 1 rings (SSSR count). The molecule has 0 unspecified atom stereocenters. The quantitative estimate of drug-likeness (QED) is 0.795. The molecule has 0 aliphatic carbocycles. The Morgan fingerprint density at radius 1 is 1.29 bits per heavy atom. The summed E-state index contributed by atoms with van der Waals surface area (Å²) in [5.41, 5.74) is -1.90. The largest absolute Gasteiger partial charge is 0.419 e. The SMILES string of the molecule is CN(CCS(C)(=O)=O)C(=O)c1ccc(F)c(C(F)(F)F)c1. The molecule has 0 spiro atoms. The number of amides is 1. The van der Waals surface area contributed by atoms with Gasteiger partial charge in [0.25, 0.3) is 5.91 Å². The highest BCUT2D eigenvalue weighted by molar-refractivity contribution is 7.90. The Bertz CT molecular complexity index is 640. The highest BCUT2D eigenvalue weighted by Gasteiger charge is 2.34. The molecule has 4 nitrogen and oxygen atoms in total. The average Bonchev–Trinajstić information content (AvgIpc) is 2.33. The van der Waals surface area contributed by atoms with Gasteiger partial charge in [0.1, 0.15) is 15.7 Å². The van der Waals surface area contributed by atoms with E-state index >= 15 is 0 Å². The summed E-state index contributed by atoms with van der Waals surface area (Å²) >= 11 is 0. The van der Waals surface area contributed by atoms with Gasteiger partial charge < -0.3 is 4.90 Å². The monoisotopic (exact) mass is 327 g/mol. The predicted molar refractivity (Wildman–Crippen MR) is 68.1 cm³/mol. The van der Waals surface area contributed by atoms with Crippen LogP contribution in [0.4, 0.5) is 17.6 Å². The normalized spacial score (nSPS) is 12.3. The van der Waals surface area contributed by atoms with Crippen molar-refractivity contribution in [2.75, 3.05) is 25.6 Å². The lowest BCUT2D eigenvalue weighted by Gasteiger charge is -2.17. The maximum atomic E-state index is 13.1. The van der Waals surface area contributed by atoms with Gasteiger partial charge in [0.2, 0.25) is 0 Å². The van der Waals surface area contributed by atoms with Gasteiger partial charge in [0.15, 0.2) is 0 Å². The van der Waals surface area contributed by atoms with Crippen molar-refractivity contribution >= 4 is 15.7 Å². The fourth-order valence-electron chi connectivity index (χ4n) is 1.50. The molecule has 0 fully saturated rings. The van der Waals surface area contributed by atoms with Crippen LogP contribution in [0.25, 0.3) is 0 Å². The predicted octanol–water partition coefficient (Wildman–Crippen LogP) is 1.96. The minimum Gasteiger partial charge on any atom is -0.341 e. The van der Waals surface area contributed by atoms with Crippen LogP contribution in [0.2, 0.25) is 0 Å². The summed E-state index contributed by atoms with van der Waals surface area (Å²) < 4.78 is 72.7. The summed E-state index contributed by atoms with van der Waals surface area (Å²) in [4.78, 5) is 12.9. The minimum atomic E-state index is -4.91. The van der Waals surface area contributed by atoms with Gasteiger partial charge in [-0.15, -0.1) is 0 Å². The molecule has 0 heterocycles. The van der Waals surface area contributed by atoms with Crippen molar-refractivity contribution < 1.29 is 30.8 Å². The van der Waals surface area contributed by atoms with Crippen LogP contribution in [-0.2, 0) is 16.0 Å². The van der Waals surface area contributed by atoms with E-state index in [1.54, 1.807) is 0 Å². The number of alkyl halides is 3. The first-order valence-corrected chi connectivity index (χ1v) is 7.78. The lowest BCUT2D eigenvalue weighted by molar-refractivity contribution is -0.140. The third-order valence-electron chi connectivity index (χ3n) is 2.66. The molecule has 0 aliphatic rings. The van der Waals surface area contributed by atoms with Gasteiger partial charge >= 0.3 is 6.18 Å². The molecule has 0 aliphatic heterocycles. The van der Waals surface area contributed by atoms with Crippen molar-refractivity contribution in [3.63, 3.8) is 0 Å². The molecule has 0 aromatic heterocycles. The fourth-order valence-corrected chi connectivity index (χ4v) is 2.11. The number of rotatable bonds is 4. The maximum absolute atomic E-state index is 13.1. The Labute approximate surface area is 119 Å². The van der Waals surface area contributed by atoms with Crippen molar-refractivity contribution in [3.8, 4) is 0 Å². The van der Waals surface area contributed by atoms with E-state index in [-0.39, 0.29) is 17.9 Å². The molecule has 0 radical (unpaired) electrons. The van der Waals surface area contributed by atoms with E-state index in [1.807, 2.05) is 0 Å². The van der Waals surface area contributed by atoms with Crippen LogP contribution in [0.5, 0.6) is 0 Å². The van der Waals surface area contributed by atoms with Gasteiger partial charge in [-0.05, 0) is 18.2 Å². The van der Waals surface area contributed by atoms with E-state index in [1.165, 1.54) is 7.05 Å². The number of halogens is 4. The summed E-state index contributed by atoms with van der Waals surface area (Å²) in [5, 5.41) is 0.